The number of ether oxygens (including phenoxy) is 2. The molecule has 0 bridgehead atoms. The minimum absolute atomic E-state index is 0.179. The molecule has 0 saturated carbocycles. The van der Waals surface area contributed by atoms with E-state index in [-0.39, 0.29) is 17.7 Å². The molecule has 8 nitrogen and oxygen atoms in total. The fourth-order valence-corrected chi connectivity index (χ4v) is 5.99. The number of esters is 2. The minimum Gasteiger partial charge on any atom is -0.465 e. The normalized spacial score (nSPS) is 15.0. The van der Waals surface area contributed by atoms with Gasteiger partial charge in [-0.05, 0) is 56.2 Å². The van der Waals surface area contributed by atoms with E-state index in [2.05, 4.69) is 4.99 Å². The Morgan fingerprint density at radius 2 is 1.88 bits per heavy atom. The molecule has 0 unspecified atom stereocenters. The molecule has 5 rings (SSSR count). The zero-order chi connectivity index (χ0) is 28.6. The van der Waals surface area contributed by atoms with Gasteiger partial charge >= 0.3 is 11.9 Å². The summed E-state index contributed by atoms with van der Waals surface area (Å²) in [6, 6.07) is 15.1. The summed E-state index contributed by atoms with van der Waals surface area (Å²) in [6.07, 6.45) is 1.64. The van der Waals surface area contributed by atoms with Crippen LogP contribution in [0, 0.1) is 6.92 Å². The lowest BCUT2D eigenvalue weighted by Gasteiger charge is -2.25. The van der Waals surface area contributed by atoms with Crippen molar-refractivity contribution in [3.05, 3.63) is 113 Å². The number of carbonyl (C=O) groups is 2. The van der Waals surface area contributed by atoms with Crippen LogP contribution >= 0.6 is 22.9 Å². The van der Waals surface area contributed by atoms with Crippen LogP contribution in [-0.4, -0.2) is 30.2 Å². The lowest BCUT2D eigenvalue weighted by molar-refractivity contribution is -0.139. The van der Waals surface area contributed by atoms with Crippen LogP contribution in [0.2, 0.25) is 5.02 Å². The van der Waals surface area contributed by atoms with E-state index >= 15 is 0 Å². The Bertz CT molecular complexity index is 1860. The molecule has 2 aromatic heterocycles. The number of nitrogens with zero attached hydrogens (tertiary/aromatic N) is 2. The van der Waals surface area contributed by atoms with Crippen molar-refractivity contribution in [2.24, 2.45) is 4.99 Å². The van der Waals surface area contributed by atoms with E-state index in [1.165, 1.54) is 23.0 Å². The number of fused-ring (bicyclic) bond motifs is 1. The molecule has 0 aliphatic carbocycles. The maximum absolute atomic E-state index is 13.8. The van der Waals surface area contributed by atoms with Crippen LogP contribution < -0.4 is 14.9 Å². The van der Waals surface area contributed by atoms with Crippen LogP contribution in [0.3, 0.4) is 0 Å². The molecule has 40 heavy (non-hydrogen) atoms. The van der Waals surface area contributed by atoms with Crippen molar-refractivity contribution in [3.63, 3.8) is 0 Å². The number of methoxy groups -OCH3 is 1. The van der Waals surface area contributed by atoms with Crippen LogP contribution in [0.15, 0.2) is 80.1 Å². The lowest BCUT2D eigenvalue weighted by Crippen LogP contribution is -2.40. The van der Waals surface area contributed by atoms with Gasteiger partial charge in [0, 0.05) is 16.7 Å². The highest BCUT2D eigenvalue weighted by molar-refractivity contribution is 7.07. The second-order valence-electron chi connectivity index (χ2n) is 9.00. The second-order valence-corrected chi connectivity index (χ2v) is 10.4. The first-order chi connectivity index (χ1) is 19.2. The maximum atomic E-state index is 13.8. The molecule has 3 heterocycles. The predicted octanol–water partition coefficient (Wildman–Crippen LogP) is 4.81. The zero-order valence-electron chi connectivity index (χ0n) is 22.2. The Morgan fingerprint density at radius 3 is 2.60 bits per heavy atom. The molecule has 2 aromatic carbocycles. The Balaban J connectivity index is 1.63. The first-order valence-electron chi connectivity index (χ1n) is 12.5. The van der Waals surface area contributed by atoms with Gasteiger partial charge in [0.15, 0.2) is 4.80 Å². The number of halogens is 1. The van der Waals surface area contributed by atoms with Gasteiger partial charge in [0.25, 0.3) is 5.56 Å². The van der Waals surface area contributed by atoms with Crippen LogP contribution in [0.4, 0.5) is 0 Å². The van der Waals surface area contributed by atoms with Gasteiger partial charge in [-0.15, -0.1) is 0 Å². The SMILES string of the molecule is CCOC(=O)C1=C(C)N=c2s/c(=C/c3ccc(-c4cccc(C(=O)OC)c4C)o3)c(=O)n2[C@H]1c1ccccc1Cl. The third-order valence-corrected chi connectivity index (χ3v) is 7.95. The third kappa shape index (κ3) is 4.82. The van der Waals surface area contributed by atoms with E-state index in [0.29, 0.717) is 42.7 Å². The first kappa shape index (κ1) is 27.4. The number of aromatic nitrogens is 1. The standard InChI is InChI=1S/C30H25ClN2O6S/c1-5-38-29(36)25-17(3)32-30-33(26(25)21-9-6-7-12-22(21)31)27(34)24(40-30)15-18-13-14-23(39-18)19-10-8-11-20(16(19)2)28(35)37-4/h6-15,26H,5H2,1-4H3/b24-15+/t26-/m0/s1. The number of furan rings is 1. The Labute approximate surface area is 238 Å². The van der Waals surface area contributed by atoms with E-state index in [1.54, 1.807) is 68.5 Å². The molecular weight excluding hydrogens is 552 g/mol. The monoisotopic (exact) mass is 576 g/mol. The van der Waals surface area contributed by atoms with Gasteiger partial charge in [-0.2, -0.15) is 0 Å². The first-order valence-corrected chi connectivity index (χ1v) is 13.7. The largest absolute Gasteiger partial charge is 0.465 e. The van der Waals surface area contributed by atoms with E-state index in [1.807, 2.05) is 13.0 Å². The van der Waals surface area contributed by atoms with Gasteiger partial charge in [0.2, 0.25) is 0 Å². The van der Waals surface area contributed by atoms with Crippen molar-refractivity contribution in [1.29, 1.82) is 0 Å². The molecule has 1 aliphatic heterocycles. The average molecular weight is 577 g/mol. The van der Waals surface area contributed by atoms with Crippen molar-refractivity contribution in [3.8, 4) is 11.3 Å². The average Bonchev–Trinajstić information content (AvgIpc) is 3.52. The van der Waals surface area contributed by atoms with Crippen molar-refractivity contribution in [2.45, 2.75) is 26.8 Å². The number of carbonyl (C=O) groups excluding carboxylic acids is 2. The molecular formula is C30H25ClN2O6S. The molecule has 4 aromatic rings. The highest BCUT2D eigenvalue weighted by Crippen LogP contribution is 2.34. The molecule has 1 aliphatic rings. The Morgan fingerprint density at radius 1 is 1.10 bits per heavy atom. The Hall–Kier alpha value is -4.21. The molecule has 0 fully saturated rings. The van der Waals surface area contributed by atoms with Gasteiger partial charge in [0.1, 0.15) is 17.6 Å². The molecule has 1 atom stereocenters. The van der Waals surface area contributed by atoms with Crippen LogP contribution in [-0.2, 0) is 14.3 Å². The predicted molar refractivity (Wildman–Crippen MR) is 152 cm³/mol. The van der Waals surface area contributed by atoms with E-state index in [0.717, 1.165) is 11.1 Å². The van der Waals surface area contributed by atoms with Gasteiger partial charge < -0.3 is 13.9 Å². The topological polar surface area (TPSA) is 100 Å². The highest BCUT2D eigenvalue weighted by atomic mass is 35.5. The Kier molecular flexibility index (Phi) is 7.60. The molecule has 10 heteroatoms. The number of rotatable bonds is 6. The molecule has 204 valence electrons. The van der Waals surface area contributed by atoms with E-state index < -0.39 is 18.0 Å². The molecule has 0 spiro atoms. The quantitative estimate of drug-likeness (QED) is 0.306. The minimum atomic E-state index is -0.804. The highest BCUT2D eigenvalue weighted by Gasteiger charge is 2.34. The second kappa shape index (κ2) is 11.1. The number of thiazole rings is 1. The molecule has 0 saturated heterocycles. The van der Waals surface area contributed by atoms with Gasteiger partial charge in [-0.3, -0.25) is 9.36 Å². The summed E-state index contributed by atoms with van der Waals surface area (Å²) in [6.45, 7) is 5.44. The van der Waals surface area contributed by atoms with Crippen molar-refractivity contribution in [1.82, 2.24) is 4.57 Å². The van der Waals surface area contributed by atoms with E-state index in [9.17, 15) is 14.4 Å². The fraction of sp³-hybridized carbons (Fsp3) is 0.200. The number of benzene rings is 2. The van der Waals surface area contributed by atoms with E-state index in [4.69, 9.17) is 25.5 Å². The van der Waals surface area contributed by atoms with Gasteiger partial charge in [-0.1, -0.05) is 53.3 Å². The summed E-state index contributed by atoms with van der Waals surface area (Å²) >= 11 is 7.74. The van der Waals surface area contributed by atoms with Crippen LogP contribution in [0.1, 0.15) is 47.1 Å². The van der Waals surface area contributed by atoms with Gasteiger partial charge in [-0.25, -0.2) is 14.6 Å². The molecule has 0 radical (unpaired) electrons. The summed E-state index contributed by atoms with van der Waals surface area (Å²) in [5, 5.41) is 0.416. The summed E-state index contributed by atoms with van der Waals surface area (Å²) in [4.78, 5) is 44.0. The smallest absolute Gasteiger partial charge is 0.338 e. The van der Waals surface area contributed by atoms with Crippen molar-refractivity contribution < 1.29 is 23.5 Å². The van der Waals surface area contributed by atoms with Crippen LogP contribution in [0.5, 0.6) is 0 Å². The van der Waals surface area contributed by atoms with Crippen molar-refractivity contribution in [2.75, 3.05) is 13.7 Å². The summed E-state index contributed by atoms with van der Waals surface area (Å²) < 4.78 is 18.1. The lowest BCUT2D eigenvalue weighted by atomic mass is 9.96. The van der Waals surface area contributed by atoms with Crippen molar-refractivity contribution >= 4 is 41.0 Å². The van der Waals surface area contributed by atoms with Crippen LogP contribution in [0.25, 0.3) is 17.4 Å². The summed E-state index contributed by atoms with van der Waals surface area (Å²) in [5.74, 6) is -0.00334. The number of hydrogen-bond acceptors (Lipinski definition) is 8. The number of allylic oxidation sites excluding steroid dienone is 1. The summed E-state index contributed by atoms with van der Waals surface area (Å²) in [7, 11) is 1.34. The molecule has 0 amide bonds. The summed E-state index contributed by atoms with van der Waals surface area (Å²) in [5.41, 5.74) is 2.86. The number of hydrogen-bond donors (Lipinski definition) is 0. The maximum Gasteiger partial charge on any atom is 0.338 e. The fourth-order valence-electron chi connectivity index (χ4n) is 4.72. The molecule has 0 N–H and O–H groups in total. The zero-order valence-corrected chi connectivity index (χ0v) is 23.8. The third-order valence-electron chi connectivity index (χ3n) is 6.62. The van der Waals surface area contributed by atoms with Gasteiger partial charge in [0.05, 0.1) is 35.1 Å².